The number of amides is 1. The van der Waals surface area contributed by atoms with Crippen LogP contribution in [0.4, 0.5) is 10.7 Å². The number of thiophene rings is 1. The van der Waals surface area contributed by atoms with Crippen LogP contribution in [0.2, 0.25) is 0 Å². The normalized spacial score (nSPS) is 16.1. The summed E-state index contributed by atoms with van der Waals surface area (Å²) in [7, 11) is 1.28. The maximum absolute atomic E-state index is 11.9. The van der Waals surface area contributed by atoms with E-state index < -0.39 is 11.9 Å². The molecular weight excluding hydrogens is 290 g/mol. The molecule has 0 atom stereocenters. The lowest BCUT2D eigenvalue weighted by atomic mass is 9.67. The Hall–Kier alpha value is -1.76. The lowest BCUT2D eigenvalue weighted by molar-refractivity contribution is 0.0603. The van der Waals surface area contributed by atoms with Crippen LogP contribution in [-0.2, 0) is 4.74 Å². The highest BCUT2D eigenvalue weighted by Crippen LogP contribution is 2.45. The van der Waals surface area contributed by atoms with Crippen molar-refractivity contribution in [1.29, 1.82) is 0 Å². The lowest BCUT2D eigenvalue weighted by Crippen LogP contribution is -2.35. The molecule has 0 unspecified atom stereocenters. The number of anilines is 2. The van der Waals surface area contributed by atoms with Gasteiger partial charge in [0.25, 0.3) is 5.91 Å². The fraction of sp³-hybridized carbons (Fsp3) is 0.571. The van der Waals surface area contributed by atoms with Gasteiger partial charge >= 0.3 is 5.97 Å². The molecule has 5 N–H and O–H groups in total. The van der Waals surface area contributed by atoms with Gasteiger partial charge in [-0.3, -0.25) is 4.79 Å². The summed E-state index contributed by atoms with van der Waals surface area (Å²) in [6.45, 7) is 2.92. The van der Waals surface area contributed by atoms with Gasteiger partial charge < -0.3 is 21.5 Å². The van der Waals surface area contributed by atoms with Gasteiger partial charge in [-0.05, 0) is 24.7 Å². The van der Waals surface area contributed by atoms with E-state index in [0.29, 0.717) is 5.00 Å². The first-order valence-electron chi connectivity index (χ1n) is 6.98. The van der Waals surface area contributed by atoms with E-state index in [0.717, 1.165) is 24.3 Å². The summed E-state index contributed by atoms with van der Waals surface area (Å²) in [5, 5.41) is 3.83. The minimum Gasteiger partial charge on any atom is -0.465 e. The minimum atomic E-state index is -0.635. The molecule has 0 radical (unpaired) electrons. The van der Waals surface area contributed by atoms with Crippen LogP contribution >= 0.6 is 11.3 Å². The second kappa shape index (κ2) is 5.93. The zero-order valence-electron chi connectivity index (χ0n) is 12.3. The van der Waals surface area contributed by atoms with Crippen molar-refractivity contribution in [2.45, 2.75) is 32.6 Å². The third-order valence-corrected chi connectivity index (χ3v) is 5.52. The second-order valence-corrected chi connectivity index (χ2v) is 6.49. The number of hydrogen-bond acceptors (Lipinski definition) is 6. The van der Waals surface area contributed by atoms with E-state index in [-0.39, 0.29) is 21.5 Å². The standard InChI is InChI=1S/C14H21N3O3S/c1-3-14(5-4-6-14)7-17-12-8(13(19)20-2)9(15)10(21-12)11(16)18/h17H,3-7,15H2,1-2H3,(H2,16,18). The molecule has 0 spiro atoms. The second-order valence-electron chi connectivity index (χ2n) is 5.47. The molecule has 1 aliphatic carbocycles. The van der Waals surface area contributed by atoms with Crippen LogP contribution in [0.25, 0.3) is 0 Å². The fourth-order valence-corrected chi connectivity index (χ4v) is 3.61. The predicted molar refractivity (Wildman–Crippen MR) is 83.7 cm³/mol. The molecule has 0 bridgehead atoms. The Morgan fingerprint density at radius 3 is 2.52 bits per heavy atom. The van der Waals surface area contributed by atoms with E-state index in [1.54, 1.807) is 0 Å². The summed E-state index contributed by atoms with van der Waals surface area (Å²) < 4.78 is 4.75. The van der Waals surface area contributed by atoms with Crippen LogP contribution in [0, 0.1) is 5.41 Å². The summed E-state index contributed by atoms with van der Waals surface area (Å²) in [6, 6.07) is 0. The Labute approximate surface area is 127 Å². The maximum Gasteiger partial charge on any atom is 0.343 e. The molecule has 1 aromatic rings. The lowest BCUT2D eigenvalue weighted by Gasteiger charge is -2.41. The van der Waals surface area contributed by atoms with Crippen molar-refractivity contribution >= 4 is 33.9 Å². The number of nitrogens with one attached hydrogen (secondary N) is 1. The highest BCUT2D eigenvalue weighted by Gasteiger charge is 2.35. The topological polar surface area (TPSA) is 107 Å². The number of rotatable bonds is 6. The van der Waals surface area contributed by atoms with Gasteiger partial charge in [-0.1, -0.05) is 13.3 Å². The molecule has 1 aromatic heterocycles. The number of ether oxygens (including phenoxy) is 1. The predicted octanol–water partition coefficient (Wildman–Crippen LogP) is 2.21. The maximum atomic E-state index is 11.9. The first-order chi connectivity index (χ1) is 9.94. The van der Waals surface area contributed by atoms with Gasteiger partial charge in [0.05, 0.1) is 12.8 Å². The molecule has 0 saturated heterocycles. The number of hydrogen-bond donors (Lipinski definition) is 3. The zero-order valence-corrected chi connectivity index (χ0v) is 13.1. The molecular formula is C14H21N3O3S. The Morgan fingerprint density at radius 1 is 1.43 bits per heavy atom. The van der Waals surface area contributed by atoms with E-state index in [4.69, 9.17) is 16.2 Å². The van der Waals surface area contributed by atoms with Gasteiger partial charge in [-0.25, -0.2) is 4.79 Å². The molecule has 1 amide bonds. The molecule has 0 aliphatic heterocycles. The van der Waals surface area contributed by atoms with Crippen molar-refractivity contribution in [1.82, 2.24) is 0 Å². The van der Waals surface area contributed by atoms with Crippen molar-refractivity contribution in [3.8, 4) is 0 Å². The van der Waals surface area contributed by atoms with Crippen LogP contribution < -0.4 is 16.8 Å². The molecule has 0 aromatic carbocycles. The molecule has 1 aliphatic rings. The van der Waals surface area contributed by atoms with E-state index in [1.807, 2.05) is 0 Å². The van der Waals surface area contributed by atoms with Crippen LogP contribution in [-0.4, -0.2) is 25.5 Å². The van der Waals surface area contributed by atoms with E-state index in [1.165, 1.54) is 26.4 Å². The third-order valence-electron chi connectivity index (χ3n) is 4.35. The number of carbonyl (C=O) groups is 2. The molecule has 21 heavy (non-hydrogen) atoms. The Bertz CT molecular complexity index is 559. The molecule has 7 heteroatoms. The van der Waals surface area contributed by atoms with Gasteiger partial charge in [0, 0.05) is 6.54 Å². The van der Waals surface area contributed by atoms with Crippen molar-refractivity contribution in [2.24, 2.45) is 11.1 Å². The number of methoxy groups -OCH3 is 1. The monoisotopic (exact) mass is 311 g/mol. The molecule has 6 nitrogen and oxygen atoms in total. The summed E-state index contributed by atoms with van der Waals surface area (Å²) in [5.74, 6) is -1.19. The van der Waals surface area contributed by atoms with Gasteiger partial charge in [-0.15, -0.1) is 11.3 Å². The highest BCUT2D eigenvalue weighted by atomic mass is 32.1. The average Bonchev–Trinajstić information content (AvgIpc) is 2.74. The van der Waals surface area contributed by atoms with Crippen LogP contribution in [0.15, 0.2) is 0 Å². The molecule has 1 saturated carbocycles. The summed E-state index contributed by atoms with van der Waals surface area (Å²) in [5.41, 5.74) is 11.7. The van der Waals surface area contributed by atoms with Crippen molar-refractivity contribution in [3.63, 3.8) is 0 Å². The largest absolute Gasteiger partial charge is 0.465 e. The number of nitrogen functional groups attached to an aromatic ring is 1. The molecule has 1 fully saturated rings. The summed E-state index contributed by atoms with van der Waals surface area (Å²) in [6.07, 6.45) is 4.66. The third kappa shape index (κ3) is 2.83. The van der Waals surface area contributed by atoms with Gasteiger partial charge in [0.2, 0.25) is 0 Å². The number of carbonyl (C=O) groups excluding carboxylic acids is 2. The fourth-order valence-electron chi connectivity index (χ4n) is 2.66. The van der Waals surface area contributed by atoms with Gasteiger partial charge in [0.1, 0.15) is 15.4 Å². The number of nitrogens with two attached hydrogens (primary N) is 2. The SMILES string of the molecule is CCC1(CNc2sc(C(N)=O)c(N)c2C(=O)OC)CCC1. The van der Waals surface area contributed by atoms with E-state index >= 15 is 0 Å². The number of primary amides is 1. The van der Waals surface area contributed by atoms with E-state index in [9.17, 15) is 9.59 Å². The summed E-state index contributed by atoms with van der Waals surface area (Å²) in [4.78, 5) is 23.5. The molecule has 116 valence electrons. The average molecular weight is 311 g/mol. The van der Waals surface area contributed by atoms with E-state index in [2.05, 4.69) is 12.2 Å². The van der Waals surface area contributed by atoms with Crippen LogP contribution in [0.3, 0.4) is 0 Å². The molecule has 1 heterocycles. The van der Waals surface area contributed by atoms with Crippen molar-refractivity contribution in [3.05, 3.63) is 10.4 Å². The van der Waals surface area contributed by atoms with Gasteiger partial charge in [-0.2, -0.15) is 0 Å². The first-order valence-corrected chi connectivity index (χ1v) is 7.80. The Kier molecular flexibility index (Phi) is 4.41. The van der Waals surface area contributed by atoms with Crippen LogP contribution in [0.1, 0.15) is 52.6 Å². The first kappa shape index (κ1) is 15.6. The van der Waals surface area contributed by atoms with Crippen molar-refractivity contribution in [2.75, 3.05) is 24.7 Å². The smallest absolute Gasteiger partial charge is 0.343 e. The number of esters is 1. The quantitative estimate of drug-likeness (QED) is 0.698. The van der Waals surface area contributed by atoms with Gasteiger partial charge in [0.15, 0.2) is 0 Å². The zero-order chi connectivity index (χ0) is 15.6. The molecule has 2 rings (SSSR count). The van der Waals surface area contributed by atoms with Crippen molar-refractivity contribution < 1.29 is 14.3 Å². The van der Waals surface area contributed by atoms with Crippen LogP contribution in [0.5, 0.6) is 0 Å². The summed E-state index contributed by atoms with van der Waals surface area (Å²) >= 11 is 1.11. The Morgan fingerprint density at radius 2 is 2.10 bits per heavy atom. The minimum absolute atomic E-state index is 0.0982. The Balaban J connectivity index is 2.27. The highest BCUT2D eigenvalue weighted by molar-refractivity contribution is 7.19.